The van der Waals surface area contributed by atoms with Crippen LogP contribution in [0.4, 0.5) is 0 Å². The van der Waals surface area contributed by atoms with Crippen LogP contribution in [-0.4, -0.2) is 26.3 Å². The minimum Gasteiger partial charge on any atom is -0.349 e. The number of rotatable bonds is 6. The van der Waals surface area contributed by atoms with Crippen molar-refractivity contribution in [1.29, 1.82) is 0 Å². The second-order valence-corrected chi connectivity index (χ2v) is 4.09. The molecule has 0 aromatic carbocycles. The standard InChI is InChI=1S/C12H19N5/c1-3-17-9-11(8-16-17)10(2)13-5-4-12-14-6-7-15-12/h6-10,13H,3-5H2,1-2H3,(H,14,15). The van der Waals surface area contributed by atoms with Crippen LogP contribution >= 0.6 is 0 Å². The van der Waals surface area contributed by atoms with Gasteiger partial charge < -0.3 is 10.3 Å². The normalized spacial score (nSPS) is 12.8. The van der Waals surface area contributed by atoms with E-state index in [1.54, 1.807) is 6.20 Å². The van der Waals surface area contributed by atoms with Gasteiger partial charge >= 0.3 is 0 Å². The molecule has 0 spiro atoms. The quantitative estimate of drug-likeness (QED) is 0.795. The van der Waals surface area contributed by atoms with Crippen LogP contribution in [0.2, 0.25) is 0 Å². The summed E-state index contributed by atoms with van der Waals surface area (Å²) in [5.41, 5.74) is 1.23. The molecule has 2 N–H and O–H groups in total. The predicted octanol–water partition coefficient (Wildman–Crippen LogP) is 1.52. The minimum absolute atomic E-state index is 0.324. The molecule has 0 saturated carbocycles. The molecule has 17 heavy (non-hydrogen) atoms. The number of nitrogens with one attached hydrogen (secondary N) is 2. The summed E-state index contributed by atoms with van der Waals surface area (Å²) in [6, 6.07) is 0.324. The van der Waals surface area contributed by atoms with Crippen molar-refractivity contribution in [3.05, 3.63) is 36.2 Å². The zero-order valence-corrected chi connectivity index (χ0v) is 10.3. The Morgan fingerprint density at radius 3 is 3.06 bits per heavy atom. The Morgan fingerprint density at radius 1 is 1.53 bits per heavy atom. The first-order valence-corrected chi connectivity index (χ1v) is 6.03. The zero-order valence-electron chi connectivity index (χ0n) is 10.3. The third kappa shape index (κ3) is 3.17. The summed E-state index contributed by atoms with van der Waals surface area (Å²) in [5.74, 6) is 1.02. The molecule has 2 heterocycles. The van der Waals surface area contributed by atoms with Crippen LogP contribution in [0.25, 0.3) is 0 Å². The Morgan fingerprint density at radius 2 is 2.41 bits per heavy atom. The Balaban J connectivity index is 1.78. The van der Waals surface area contributed by atoms with E-state index in [1.165, 1.54) is 5.56 Å². The third-order valence-electron chi connectivity index (χ3n) is 2.84. The lowest BCUT2D eigenvalue weighted by Gasteiger charge is -2.10. The van der Waals surface area contributed by atoms with Crippen molar-refractivity contribution in [2.75, 3.05) is 6.54 Å². The van der Waals surface area contributed by atoms with E-state index in [2.05, 4.69) is 40.4 Å². The number of H-pyrrole nitrogens is 1. The van der Waals surface area contributed by atoms with Gasteiger partial charge in [-0.15, -0.1) is 0 Å². The van der Waals surface area contributed by atoms with Gasteiger partial charge in [0.25, 0.3) is 0 Å². The summed E-state index contributed by atoms with van der Waals surface area (Å²) in [6.45, 7) is 6.07. The van der Waals surface area contributed by atoms with Gasteiger partial charge in [0, 0.05) is 49.7 Å². The Bertz CT molecular complexity index is 431. The van der Waals surface area contributed by atoms with Gasteiger partial charge in [0.1, 0.15) is 5.82 Å². The molecule has 5 heteroatoms. The second kappa shape index (κ2) is 5.63. The molecule has 2 aromatic heterocycles. The number of nitrogens with zero attached hydrogens (tertiary/aromatic N) is 3. The first-order chi connectivity index (χ1) is 8.29. The first kappa shape index (κ1) is 11.9. The molecule has 1 unspecified atom stereocenters. The molecule has 0 saturated heterocycles. The molecule has 5 nitrogen and oxygen atoms in total. The molecule has 0 aliphatic heterocycles. The highest BCUT2D eigenvalue weighted by Gasteiger charge is 2.07. The highest BCUT2D eigenvalue weighted by molar-refractivity contribution is 5.09. The van der Waals surface area contributed by atoms with Crippen LogP contribution in [0.5, 0.6) is 0 Å². The van der Waals surface area contributed by atoms with Crippen molar-refractivity contribution in [3.8, 4) is 0 Å². The van der Waals surface area contributed by atoms with Crippen LogP contribution in [0.15, 0.2) is 24.8 Å². The lowest BCUT2D eigenvalue weighted by atomic mass is 10.2. The van der Waals surface area contributed by atoms with E-state index >= 15 is 0 Å². The maximum atomic E-state index is 4.27. The third-order valence-corrected chi connectivity index (χ3v) is 2.84. The van der Waals surface area contributed by atoms with Crippen LogP contribution in [0.1, 0.15) is 31.3 Å². The van der Waals surface area contributed by atoms with Crippen molar-refractivity contribution < 1.29 is 0 Å². The topological polar surface area (TPSA) is 58.5 Å². The average molecular weight is 233 g/mol. The summed E-state index contributed by atoms with van der Waals surface area (Å²) in [4.78, 5) is 7.29. The van der Waals surface area contributed by atoms with E-state index in [1.807, 2.05) is 17.1 Å². The van der Waals surface area contributed by atoms with Crippen LogP contribution in [0, 0.1) is 0 Å². The fourth-order valence-corrected chi connectivity index (χ4v) is 1.74. The number of hydrogen-bond donors (Lipinski definition) is 2. The zero-order chi connectivity index (χ0) is 12.1. The monoisotopic (exact) mass is 233 g/mol. The van der Waals surface area contributed by atoms with E-state index < -0.39 is 0 Å². The molecule has 2 aromatic rings. The van der Waals surface area contributed by atoms with E-state index in [-0.39, 0.29) is 0 Å². The number of hydrogen-bond acceptors (Lipinski definition) is 3. The number of aromatic nitrogens is 4. The number of aromatic amines is 1. The molecule has 2 rings (SSSR count). The van der Waals surface area contributed by atoms with E-state index in [0.717, 1.165) is 25.3 Å². The van der Waals surface area contributed by atoms with Crippen molar-refractivity contribution in [3.63, 3.8) is 0 Å². The van der Waals surface area contributed by atoms with E-state index in [0.29, 0.717) is 6.04 Å². The molecular formula is C12H19N5. The van der Waals surface area contributed by atoms with Crippen LogP contribution in [-0.2, 0) is 13.0 Å². The molecular weight excluding hydrogens is 214 g/mol. The number of imidazole rings is 1. The Kier molecular flexibility index (Phi) is 3.93. The summed E-state index contributed by atoms with van der Waals surface area (Å²) in [5, 5.41) is 7.73. The van der Waals surface area contributed by atoms with Gasteiger partial charge in [0.15, 0.2) is 0 Å². The molecule has 1 atom stereocenters. The van der Waals surface area contributed by atoms with Gasteiger partial charge in [0.05, 0.1) is 6.20 Å². The summed E-state index contributed by atoms with van der Waals surface area (Å²) in [7, 11) is 0. The molecule has 0 amide bonds. The summed E-state index contributed by atoms with van der Waals surface area (Å²) < 4.78 is 1.94. The van der Waals surface area contributed by atoms with Gasteiger partial charge in [-0.1, -0.05) is 0 Å². The average Bonchev–Trinajstić information content (AvgIpc) is 2.99. The van der Waals surface area contributed by atoms with Gasteiger partial charge in [-0.25, -0.2) is 4.98 Å². The molecule has 0 bridgehead atoms. The minimum atomic E-state index is 0.324. The second-order valence-electron chi connectivity index (χ2n) is 4.09. The summed E-state index contributed by atoms with van der Waals surface area (Å²) in [6.07, 6.45) is 8.56. The predicted molar refractivity (Wildman–Crippen MR) is 66.6 cm³/mol. The lowest BCUT2D eigenvalue weighted by Crippen LogP contribution is -2.21. The Hall–Kier alpha value is -1.62. The number of aryl methyl sites for hydroxylation is 1. The fourth-order valence-electron chi connectivity index (χ4n) is 1.74. The molecule has 0 aliphatic carbocycles. The fraction of sp³-hybridized carbons (Fsp3) is 0.500. The van der Waals surface area contributed by atoms with Gasteiger partial charge in [0.2, 0.25) is 0 Å². The van der Waals surface area contributed by atoms with Crippen LogP contribution in [0.3, 0.4) is 0 Å². The smallest absolute Gasteiger partial charge is 0.107 e. The molecule has 0 fully saturated rings. The van der Waals surface area contributed by atoms with Gasteiger partial charge in [-0.05, 0) is 13.8 Å². The largest absolute Gasteiger partial charge is 0.349 e. The molecule has 0 radical (unpaired) electrons. The SMILES string of the molecule is CCn1cc(C(C)NCCc2ncc[nH]2)cn1. The lowest BCUT2D eigenvalue weighted by molar-refractivity contribution is 0.569. The molecule has 0 aliphatic rings. The first-order valence-electron chi connectivity index (χ1n) is 6.03. The van der Waals surface area contributed by atoms with Gasteiger partial charge in [-0.3, -0.25) is 4.68 Å². The van der Waals surface area contributed by atoms with Crippen molar-refractivity contribution >= 4 is 0 Å². The van der Waals surface area contributed by atoms with Crippen molar-refractivity contribution in [2.24, 2.45) is 0 Å². The van der Waals surface area contributed by atoms with Crippen LogP contribution < -0.4 is 5.32 Å². The van der Waals surface area contributed by atoms with Crippen molar-refractivity contribution in [2.45, 2.75) is 32.9 Å². The summed E-state index contributed by atoms with van der Waals surface area (Å²) >= 11 is 0. The highest BCUT2D eigenvalue weighted by Crippen LogP contribution is 2.10. The maximum Gasteiger partial charge on any atom is 0.107 e. The van der Waals surface area contributed by atoms with E-state index in [9.17, 15) is 0 Å². The van der Waals surface area contributed by atoms with Crippen molar-refractivity contribution in [1.82, 2.24) is 25.1 Å². The Labute approximate surface area is 101 Å². The van der Waals surface area contributed by atoms with E-state index in [4.69, 9.17) is 0 Å². The highest BCUT2D eigenvalue weighted by atomic mass is 15.3. The molecule has 92 valence electrons. The van der Waals surface area contributed by atoms with Gasteiger partial charge in [-0.2, -0.15) is 5.10 Å². The maximum absolute atomic E-state index is 4.27.